The van der Waals surface area contributed by atoms with Gasteiger partial charge in [0.2, 0.25) is 0 Å². The van der Waals surface area contributed by atoms with E-state index in [1.54, 1.807) is 0 Å². The molecule has 82 valence electrons. The summed E-state index contributed by atoms with van der Waals surface area (Å²) in [5.41, 5.74) is 8.54. The van der Waals surface area contributed by atoms with Crippen LogP contribution in [0, 0.1) is 3.57 Å². The summed E-state index contributed by atoms with van der Waals surface area (Å²) >= 11 is 2.31. The van der Waals surface area contributed by atoms with Gasteiger partial charge in [0, 0.05) is 15.5 Å². The first-order valence-electron chi connectivity index (χ1n) is 5.22. The predicted octanol–water partition coefficient (Wildman–Crippen LogP) is 3.69. The largest absolute Gasteiger partial charge is 0.327 e. The van der Waals surface area contributed by atoms with Crippen molar-refractivity contribution in [2.24, 2.45) is 5.73 Å². The molecule has 1 aromatic rings. The Morgan fingerprint density at radius 3 is 2.33 bits per heavy atom. The molecule has 0 aliphatic carbocycles. The fourth-order valence-electron chi connectivity index (χ4n) is 1.80. The number of halogens is 1. The number of nitrogens with two attached hydrogens (primary N) is 1. The number of hydrogen-bond donors (Lipinski definition) is 1. The second-order valence-electron chi connectivity index (χ2n) is 3.95. The highest BCUT2D eigenvalue weighted by Crippen LogP contribution is 2.27. The summed E-state index contributed by atoms with van der Waals surface area (Å²) in [6.07, 6.45) is 0.976. The molecule has 0 heterocycles. The van der Waals surface area contributed by atoms with E-state index in [2.05, 4.69) is 67.3 Å². The Morgan fingerprint density at radius 1 is 1.40 bits per heavy atom. The highest BCUT2D eigenvalue weighted by molar-refractivity contribution is 14.1. The lowest BCUT2D eigenvalue weighted by atomic mass is 9.85. The van der Waals surface area contributed by atoms with E-state index in [-0.39, 0.29) is 12.0 Å². The van der Waals surface area contributed by atoms with E-state index >= 15 is 0 Å². The van der Waals surface area contributed by atoms with Gasteiger partial charge < -0.3 is 5.73 Å². The van der Waals surface area contributed by atoms with Crippen LogP contribution >= 0.6 is 22.6 Å². The highest BCUT2D eigenvalue weighted by Gasteiger charge is 2.18. The minimum atomic E-state index is 0.169. The van der Waals surface area contributed by atoms with Crippen molar-refractivity contribution in [3.8, 4) is 0 Å². The second-order valence-corrected chi connectivity index (χ2v) is 5.19. The van der Waals surface area contributed by atoms with E-state index in [1.165, 1.54) is 9.13 Å². The first-order valence-corrected chi connectivity index (χ1v) is 6.30. The Kier molecular flexibility index (Phi) is 4.80. The lowest BCUT2D eigenvalue weighted by Crippen LogP contribution is -2.28. The second kappa shape index (κ2) is 5.66. The van der Waals surface area contributed by atoms with Crippen molar-refractivity contribution in [3.05, 3.63) is 45.6 Å². The Bertz CT molecular complexity index is 329. The summed E-state index contributed by atoms with van der Waals surface area (Å²) in [7, 11) is 0. The van der Waals surface area contributed by atoms with Crippen molar-refractivity contribution < 1.29 is 0 Å². The molecular formula is C13H18IN. The smallest absolute Gasteiger partial charge is 0.0194 e. The Labute approximate surface area is 106 Å². The predicted molar refractivity (Wildman–Crippen MR) is 75.0 cm³/mol. The van der Waals surface area contributed by atoms with Crippen molar-refractivity contribution in [1.29, 1.82) is 0 Å². The minimum Gasteiger partial charge on any atom is -0.327 e. The van der Waals surface area contributed by atoms with Gasteiger partial charge in [-0.15, -0.1) is 0 Å². The summed E-state index contributed by atoms with van der Waals surface area (Å²) in [6.45, 7) is 8.21. The van der Waals surface area contributed by atoms with E-state index < -0.39 is 0 Å². The van der Waals surface area contributed by atoms with Crippen LogP contribution in [0.4, 0.5) is 0 Å². The maximum Gasteiger partial charge on any atom is 0.0194 e. The van der Waals surface area contributed by atoms with Gasteiger partial charge in [-0.2, -0.15) is 0 Å². The van der Waals surface area contributed by atoms with Gasteiger partial charge >= 0.3 is 0 Å². The van der Waals surface area contributed by atoms with Crippen molar-refractivity contribution >= 4 is 22.6 Å². The summed E-state index contributed by atoms with van der Waals surface area (Å²) in [5, 5.41) is 0. The van der Waals surface area contributed by atoms with E-state index in [0.29, 0.717) is 0 Å². The molecule has 1 rings (SSSR count). The molecule has 15 heavy (non-hydrogen) atoms. The Hall–Kier alpha value is -0.350. The van der Waals surface area contributed by atoms with Gasteiger partial charge in [-0.05, 0) is 53.6 Å². The number of benzene rings is 1. The Morgan fingerprint density at radius 2 is 1.93 bits per heavy atom. The van der Waals surface area contributed by atoms with Crippen LogP contribution in [0.3, 0.4) is 0 Å². The number of hydrogen-bond acceptors (Lipinski definition) is 1. The molecule has 2 N–H and O–H groups in total. The molecule has 0 saturated heterocycles. The van der Waals surface area contributed by atoms with Crippen LogP contribution in [0.15, 0.2) is 36.4 Å². The zero-order valence-electron chi connectivity index (χ0n) is 9.33. The van der Waals surface area contributed by atoms with Crippen molar-refractivity contribution in [2.75, 3.05) is 0 Å². The molecule has 0 bridgehead atoms. The standard InChI is InChI=1S/C13H18IN/c1-4-12(15)13(9(2)3)10-5-7-11(14)8-6-10/h5-8,12-13H,2,4,15H2,1,3H3. The van der Waals surface area contributed by atoms with Gasteiger partial charge in [-0.3, -0.25) is 0 Å². The van der Waals surface area contributed by atoms with E-state index in [9.17, 15) is 0 Å². The molecule has 0 saturated carbocycles. The summed E-state index contributed by atoms with van der Waals surface area (Å²) in [5.74, 6) is 0.284. The third-order valence-electron chi connectivity index (χ3n) is 2.66. The summed E-state index contributed by atoms with van der Waals surface area (Å²) in [4.78, 5) is 0. The van der Waals surface area contributed by atoms with Gasteiger partial charge in [-0.25, -0.2) is 0 Å². The topological polar surface area (TPSA) is 26.0 Å². The molecule has 0 radical (unpaired) electrons. The van der Waals surface area contributed by atoms with Crippen molar-refractivity contribution in [1.82, 2.24) is 0 Å². The zero-order valence-corrected chi connectivity index (χ0v) is 11.5. The number of rotatable bonds is 4. The molecule has 0 aromatic heterocycles. The molecule has 2 atom stereocenters. The van der Waals surface area contributed by atoms with Crippen molar-refractivity contribution in [2.45, 2.75) is 32.2 Å². The van der Waals surface area contributed by atoms with Gasteiger partial charge in [0.1, 0.15) is 0 Å². The summed E-state index contributed by atoms with van der Waals surface area (Å²) in [6, 6.07) is 8.71. The molecule has 0 spiro atoms. The fraction of sp³-hybridized carbons (Fsp3) is 0.385. The summed E-state index contributed by atoms with van der Waals surface area (Å²) < 4.78 is 1.25. The van der Waals surface area contributed by atoms with Crippen LogP contribution in [-0.4, -0.2) is 6.04 Å². The highest BCUT2D eigenvalue weighted by atomic mass is 127. The monoisotopic (exact) mass is 315 g/mol. The zero-order chi connectivity index (χ0) is 11.4. The average molecular weight is 315 g/mol. The van der Waals surface area contributed by atoms with E-state index in [0.717, 1.165) is 12.0 Å². The van der Waals surface area contributed by atoms with Crippen LogP contribution in [0.25, 0.3) is 0 Å². The first kappa shape index (κ1) is 12.7. The average Bonchev–Trinajstić information content (AvgIpc) is 2.20. The maximum atomic E-state index is 6.13. The molecule has 2 heteroatoms. The van der Waals surface area contributed by atoms with Gasteiger partial charge in [0.25, 0.3) is 0 Å². The van der Waals surface area contributed by atoms with E-state index in [4.69, 9.17) is 5.73 Å². The molecule has 1 aromatic carbocycles. The molecule has 0 amide bonds. The molecule has 1 nitrogen and oxygen atoms in total. The van der Waals surface area contributed by atoms with Gasteiger partial charge in [0.15, 0.2) is 0 Å². The van der Waals surface area contributed by atoms with Crippen LogP contribution in [0.1, 0.15) is 31.7 Å². The quantitative estimate of drug-likeness (QED) is 0.665. The van der Waals surface area contributed by atoms with Crippen LogP contribution in [0.2, 0.25) is 0 Å². The lowest BCUT2D eigenvalue weighted by Gasteiger charge is -2.23. The third-order valence-corrected chi connectivity index (χ3v) is 3.38. The maximum absolute atomic E-state index is 6.13. The van der Waals surface area contributed by atoms with Crippen LogP contribution in [0.5, 0.6) is 0 Å². The third kappa shape index (κ3) is 3.31. The fourth-order valence-corrected chi connectivity index (χ4v) is 2.16. The first-order chi connectivity index (χ1) is 7.06. The van der Waals surface area contributed by atoms with Gasteiger partial charge in [0.05, 0.1) is 0 Å². The SMILES string of the molecule is C=C(C)C(c1ccc(I)cc1)C(N)CC. The molecule has 2 unspecified atom stereocenters. The van der Waals surface area contributed by atoms with Crippen molar-refractivity contribution in [3.63, 3.8) is 0 Å². The normalized spacial score (nSPS) is 14.7. The Balaban J connectivity index is 2.99. The lowest BCUT2D eigenvalue weighted by molar-refractivity contribution is 0.570. The molecule has 0 fully saturated rings. The molecule has 0 aliphatic heterocycles. The van der Waals surface area contributed by atoms with Crippen LogP contribution < -0.4 is 5.73 Å². The molecular weight excluding hydrogens is 297 g/mol. The minimum absolute atomic E-state index is 0.169. The van der Waals surface area contributed by atoms with E-state index in [1.807, 2.05) is 0 Å². The van der Waals surface area contributed by atoms with Gasteiger partial charge in [-0.1, -0.05) is 31.2 Å². The molecule has 0 aliphatic rings. The van der Waals surface area contributed by atoms with Crippen LogP contribution in [-0.2, 0) is 0 Å².